The van der Waals surface area contributed by atoms with Crippen molar-refractivity contribution in [3.63, 3.8) is 0 Å². The lowest BCUT2D eigenvalue weighted by atomic mass is 9.83. The van der Waals surface area contributed by atoms with E-state index in [2.05, 4.69) is 11.8 Å². The van der Waals surface area contributed by atoms with E-state index in [1.54, 1.807) is 0 Å². The molecular weight excluding hydrogens is 132 g/mol. The highest BCUT2D eigenvalue weighted by molar-refractivity contribution is 8.00. The molecule has 0 N–H and O–H groups in total. The maximum atomic E-state index is 5.29. The second-order valence-electron chi connectivity index (χ2n) is 3.11. The van der Waals surface area contributed by atoms with Gasteiger partial charge in [0.2, 0.25) is 0 Å². The second-order valence-corrected chi connectivity index (χ2v) is 4.09. The zero-order valence-corrected chi connectivity index (χ0v) is 6.38. The van der Waals surface area contributed by atoms with Gasteiger partial charge in [-0.2, -0.15) is 11.8 Å². The van der Waals surface area contributed by atoms with E-state index in [0.717, 1.165) is 18.6 Å². The van der Waals surface area contributed by atoms with Gasteiger partial charge in [0, 0.05) is 13.2 Å². The van der Waals surface area contributed by atoms with Gasteiger partial charge < -0.3 is 4.74 Å². The third kappa shape index (κ3) is 0.987. The molecule has 0 aromatic rings. The Kier molecular flexibility index (Phi) is 1.46. The lowest BCUT2D eigenvalue weighted by molar-refractivity contribution is 0.0321. The van der Waals surface area contributed by atoms with E-state index in [0.29, 0.717) is 0 Å². The number of hydrogen-bond donors (Lipinski definition) is 0. The van der Waals surface area contributed by atoms with Crippen molar-refractivity contribution < 1.29 is 4.74 Å². The van der Waals surface area contributed by atoms with Gasteiger partial charge in [0.15, 0.2) is 0 Å². The summed E-state index contributed by atoms with van der Waals surface area (Å²) < 4.78 is 5.29. The van der Waals surface area contributed by atoms with E-state index in [4.69, 9.17) is 4.74 Å². The molecule has 0 atom stereocenters. The second kappa shape index (κ2) is 2.17. The fraction of sp³-hybridized carbons (Fsp3) is 1.00. The van der Waals surface area contributed by atoms with E-state index < -0.39 is 0 Å². The van der Waals surface area contributed by atoms with Crippen LogP contribution in [0.1, 0.15) is 12.8 Å². The number of rotatable bonds is 0. The van der Waals surface area contributed by atoms with E-state index in [1.165, 1.54) is 24.3 Å². The third-order valence-electron chi connectivity index (χ3n) is 2.37. The van der Waals surface area contributed by atoms with Gasteiger partial charge in [-0.15, -0.1) is 0 Å². The van der Waals surface area contributed by atoms with Gasteiger partial charge in [0.05, 0.1) is 0 Å². The summed E-state index contributed by atoms with van der Waals surface area (Å²) in [6.07, 6.45) is 2.64. The van der Waals surface area contributed by atoms with Crippen molar-refractivity contribution in [3.8, 4) is 0 Å². The quantitative estimate of drug-likeness (QED) is 0.510. The number of thioether (sulfide) groups is 1. The van der Waals surface area contributed by atoms with Crippen molar-refractivity contribution in [2.24, 2.45) is 5.41 Å². The molecule has 0 bridgehead atoms. The van der Waals surface area contributed by atoms with E-state index in [-0.39, 0.29) is 0 Å². The van der Waals surface area contributed by atoms with Gasteiger partial charge in [0.25, 0.3) is 0 Å². The van der Waals surface area contributed by atoms with E-state index in [1.807, 2.05) is 0 Å². The highest BCUT2D eigenvalue weighted by Gasteiger charge is 2.38. The standard InChI is InChI=1S/C7H12OS/c1-3-8-4-2-7(1)5-9-6-7/h1-6H2. The fourth-order valence-corrected chi connectivity index (χ4v) is 2.84. The molecule has 2 aliphatic heterocycles. The van der Waals surface area contributed by atoms with Crippen molar-refractivity contribution in [1.82, 2.24) is 0 Å². The van der Waals surface area contributed by atoms with Crippen LogP contribution in [0.25, 0.3) is 0 Å². The average Bonchev–Trinajstić information content (AvgIpc) is 1.87. The SMILES string of the molecule is C1CC2(CCO1)CSC2. The number of ether oxygens (including phenoxy) is 1. The monoisotopic (exact) mass is 144 g/mol. The molecule has 1 spiro atoms. The number of hydrogen-bond acceptors (Lipinski definition) is 2. The summed E-state index contributed by atoms with van der Waals surface area (Å²) in [5, 5.41) is 0. The van der Waals surface area contributed by atoms with Crippen molar-refractivity contribution in [1.29, 1.82) is 0 Å². The summed E-state index contributed by atoms with van der Waals surface area (Å²) in [5.74, 6) is 2.80. The van der Waals surface area contributed by atoms with Gasteiger partial charge in [-0.05, 0) is 29.8 Å². The molecule has 0 saturated carbocycles. The van der Waals surface area contributed by atoms with Gasteiger partial charge in [0.1, 0.15) is 0 Å². The molecule has 2 saturated heterocycles. The zero-order chi connectivity index (χ0) is 6.16. The van der Waals surface area contributed by atoms with Crippen LogP contribution in [0.5, 0.6) is 0 Å². The highest BCUT2D eigenvalue weighted by Crippen LogP contribution is 2.45. The molecule has 2 fully saturated rings. The fourth-order valence-electron chi connectivity index (χ4n) is 1.48. The Hall–Kier alpha value is 0.310. The first-order chi connectivity index (χ1) is 4.41. The molecular formula is C7H12OS. The Bertz CT molecular complexity index is 101. The van der Waals surface area contributed by atoms with Crippen molar-refractivity contribution in [2.45, 2.75) is 12.8 Å². The van der Waals surface area contributed by atoms with Gasteiger partial charge >= 0.3 is 0 Å². The van der Waals surface area contributed by atoms with Crippen LogP contribution < -0.4 is 0 Å². The molecule has 9 heavy (non-hydrogen) atoms. The molecule has 0 radical (unpaired) electrons. The molecule has 0 amide bonds. The Labute approximate surface area is 60.2 Å². The largest absolute Gasteiger partial charge is 0.381 e. The highest BCUT2D eigenvalue weighted by atomic mass is 32.2. The van der Waals surface area contributed by atoms with Crippen molar-refractivity contribution in [2.75, 3.05) is 24.7 Å². The summed E-state index contributed by atoms with van der Waals surface area (Å²) >= 11 is 2.09. The topological polar surface area (TPSA) is 9.23 Å². The van der Waals surface area contributed by atoms with Crippen LogP contribution in [0.15, 0.2) is 0 Å². The van der Waals surface area contributed by atoms with E-state index >= 15 is 0 Å². The zero-order valence-electron chi connectivity index (χ0n) is 5.56. The molecule has 1 nitrogen and oxygen atoms in total. The van der Waals surface area contributed by atoms with Crippen LogP contribution in [0.4, 0.5) is 0 Å². The Morgan fingerprint density at radius 3 is 2.11 bits per heavy atom. The van der Waals surface area contributed by atoms with Gasteiger partial charge in [-0.1, -0.05) is 0 Å². The maximum absolute atomic E-state index is 5.29. The molecule has 2 heterocycles. The summed E-state index contributed by atoms with van der Waals surface area (Å²) in [4.78, 5) is 0. The minimum absolute atomic E-state index is 0.739. The summed E-state index contributed by atoms with van der Waals surface area (Å²) in [7, 11) is 0. The predicted octanol–water partition coefficient (Wildman–Crippen LogP) is 1.53. The lowest BCUT2D eigenvalue weighted by Gasteiger charge is -2.43. The minimum Gasteiger partial charge on any atom is -0.381 e. The maximum Gasteiger partial charge on any atom is 0.0471 e. The van der Waals surface area contributed by atoms with Crippen LogP contribution in [0.3, 0.4) is 0 Å². The Morgan fingerprint density at radius 1 is 1.11 bits per heavy atom. The van der Waals surface area contributed by atoms with E-state index in [9.17, 15) is 0 Å². The molecule has 2 rings (SSSR count). The molecule has 0 aromatic heterocycles. The first-order valence-corrected chi connectivity index (χ1v) is 4.72. The smallest absolute Gasteiger partial charge is 0.0471 e. The first-order valence-electron chi connectivity index (χ1n) is 3.57. The summed E-state index contributed by atoms with van der Waals surface area (Å²) in [6.45, 7) is 2.03. The molecule has 2 heteroatoms. The van der Waals surface area contributed by atoms with Crippen LogP contribution in [-0.2, 0) is 4.74 Å². The molecule has 2 aliphatic rings. The first kappa shape index (κ1) is 6.05. The van der Waals surface area contributed by atoms with Crippen LogP contribution in [-0.4, -0.2) is 24.7 Å². The van der Waals surface area contributed by atoms with Crippen LogP contribution >= 0.6 is 11.8 Å². The molecule has 0 aromatic carbocycles. The van der Waals surface area contributed by atoms with Gasteiger partial charge in [-0.25, -0.2) is 0 Å². The van der Waals surface area contributed by atoms with Crippen LogP contribution in [0.2, 0.25) is 0 Å². The normalized spacial score (nSPS) is 32.0. The van der Waals surface area contributed by atoms with Crippen LogP contribution in [0, 0.1) is 5.41 Å². The average molecular weight is 144 g/mol. The minimum atomic E-state index is 0.739. The van der Waals surface area contributed by atoms with Gasteiger partial charge in [-0.3, -0.25) is 0 Å². The Morgan fingerprint density at radius 2 is 1.78 bits per heavy atom. The Balaban J connectivity index is 1.93. The third-order valence-corrected chi connectivity index (χ3v) is 4.00. The summed E-state index contributed by atoms with van der Waals surface area (Å²) in [5.41, 5.74) is 0.739. The van der Waals surface area contributed by atoms with Crippen molar-refractivity contribution >= 4 is 11.8 Å². The molecule has 0 unspecified atom stereocenters. The molecule has 0 aliphatic carbocycles. The van der Waals surface area contributed by atoms with Crippen molar-refractivity contribution in [3.05, 3.63) is 0 Å². The predicted molar refractivity (Wildman–Crippen MR) is 39.8 cm³/mol. The summed E-state index contributed by atoms with van der Waals surface area (Å²) in [6, 6.07) is 0. The molecule has 52 valence electrons. The lowest BCUT2D eigenvalue weighted by Crippen LogP contribution is -2.40.